The maximum absolute atomic E-state index is 12.5. The van der Waals surface area contributed by atoms with Gasteiger partial charge >= 0.3 is 5.97 Å². The van der Waals surface area contributed by atoms with Crippen molar-refractivity contribution in [2.75, 3.05) is 6.54 Å². The van der Waals surface area contributed by atoms with Crippen LogP contribution in [0.4, 0.5) is 0 Å². The fourth-order valence-corrected chi connectivity index (χ4v) is 3.34. The molecule has 1 fully saturated rings. The number of benzene rings is 1. The smallest absolute Gasteiger partial charge is 0.303 e. The van der Waals surface area contributed by atoms with Crippen LogP contribution < -0.4 is 5.73 Å². The minimum Gasteiger partial charge on any atom is -0.481 e. The van der Waals surface area contributed by atoms with Crippen molar-refractivity contribution in [2.24, 2.45) is 17.6 Å². The summed E-state index contributed by atoms with van der Waals surface area (Å²) in [6.07, 6.45) is 6.69. The Labute approximate surface area is 138 Å². The summed E-state index contributed by atoms with van der Waals surface area (Å²) in [5.74, 6) is 0.264. The molecule has 1 aromatic rings. The molecular formula is C19H27NO3. The zero-order valence-corrected chi connectivity index (χ0v) is 13.7. The molecule has 0 amide bonds. The van der Waals surface area contributed by atoms with E-state index in [1.165, 1.54) is 5.56 Å². The van der Waals surface area contributed by atoms with Crippen molar-refractivity contribution in [3.63, 3.8) is 0 Å². The molecule has 0 spiro atoms. The second kappa shape index (κ2) is 8.82. The van der Waals surface area contributed by atoms with Gasteiger partial charge in [-0.25, -0.2) is 0 Å². The van der Waals surface area contributed by atoms with E-state index in [4.69, 9.17) is 10.8 Å². The van der Waals surface area contributed by atoms with Gasteiger partial charge in [0.25, 0.3) is 0 Å². The largest absolute Gasteiger partial charge is 0.481 e. The van der Waals surface area contributed by atoms with Crippen molar-refractivity contribution in [1.29, 1.82) is 0 Å². The van der Waals surface area contributed by atoms with Crippen molar-refractivity contribution in [3.05, 3.63) is 35.4 Å². The number of carbonyl (C=O) groups excluding carboxylic acids is 1. The lowest BCUT2D eigenvalue weighted by atomic mass is 9.78. The molecule has 0 radical (unpaired) electrons. The summed E-state index contributed by atoms with van der Waals surface area (Å²) >= 11 is 0. The van der Waals surface area contributed by atoms with Crippen LogP contribution in [0.2, 0.25) is 0 Å². The highest BCUT2D eigenvalue weighted by Crippen LogP contribution is 2.30. The third kappa shape index (κ3) is 5.47. The highest BCUT2D eigenvalue weighted by atomic mass is 16.4. The summed E-state index contributed by atoms with van der Waals surface area (Å²) in [5.41, 5.74) is 7.67. The van der Waals surface area contributed by atoms with Gasteiger partial charge in [-0.05, 0) is 63.0 Å². The van der Waals surface area contributed by atoms with Crippen LogP contribution in [0.5, 0.6) is 0 Å². The van der Waals surface area contributed by atoms with Crippen LogP contribution in [0.3, 0.4) is 0 Å². The van der Waals surface area contributed by atoms with Crippen LogP contribution in [0, 0.1) is 11.8 Å². The van der Waals surface area contributed by atoms with Crippen LogP contribution in [0.1, 0.15) is 60.9 Å². The Morgan fingerprint density at radius 3 is 2.26 bits per heavy atom. The number of aliphatic carboxylic acids is 1. The van der Waals surface area contributed by atoms with E-state index in [0.717, 1.165) is 50.6 Å². The molecule has 3 N–H and O–H groups in total. The summed E-state index contributed by atoms with van der Waals surface area (Å²) in [5, 5.41) is 8.62. The van der Waals surface area contributed by atoms with Gasteiger partial charge in [0.2, 0.25) is 0 Å². The molecule has 0 aliphatic heterocycles. The molecule has 4 heteroatoms. The second-order valence-corrected chi connectivity index (χ2v) is 6.62. The first kappa shape index (κ1) is 17.7. The standard InChI is InChI=1S/C19H27NO3/c20-13-15-7-11-17(12-8-15)19(23)16-9-5-14(6-10-16)3-1-2-4-18(21)22/h5-6,9-10,15,17H,1-4,7-8,11-13,20H2,(H,21,22). The minimum atomic E-state index is -0.740. The predicted molar refractivity (Wildman–Crippen MR) is 90.5 cm³/mol. The number of ketones is 1. The number of carboxylic acid groups (broad SMARTS) is 1. The molecule has 4 nitrogen and oxygen atoms in total. The van der Waals surface area contributed by atoms with Crippen molar-refractivity contribution >= 4 is 11.8 Å². The number of nitrogens with two attached hydrogens (primary N) is 1. The van der Waals surface area contributed by atoms with E-state index in [1.54, 1.807) is 0 Å². The highest BCUT2D eigenvalue weighted by molar-refractivity contribution is 5.97. The molecule has 0 unspecified atom stereocenters. The van der Waals surface area contributed by atoms with Crippen LogP contribution in [0.25, 0.3) is 0 Å². The Morgan fingerprint density at radius 2 is 1.70 bits per heavy atom. The molecule has 1 aromatic carbocycles. The summed E-state index contributed by atoms with van der Waals surface area (Å²) in [4.78, 5) is 23.0. The van der Waals surface area contributed by atoms with E-state index < -0.39 is 5.97 Å². The monoisotopic (exact) mass is 317 g/mol. The number of hydrogen-bond acceptors (Lipinski definition) is 3. The molecule has 23 heavy (non-hydrogen) atoms. The third-order valence-electron chi connectivity index (χ3n) is 4.90. The molecule has 0 bridgehead atoms. The lowest BCUT2D eigenvalue weighted by Gasteiger charge is -2.26. The van der Waals surface area contributed by atoms with Gasteiger partial charge in [-0.2, -0.15) is 0 Å². The predicted octanol–water partition coefficient (Wildman–Crippen LogP) is 3.43. The maximum atomic E-state index is 12.5. The maximum Gasteiger partial charge on any atom is 0.303 e. The Morgan fingerprint density at radius 1 is 1.04 bits per heavy atom. The SMILES string of the molecule is NCC1CCC(C(=O)c2ccc(CCCCC(=O)O)cc2)CC1. The fourth-order valence-electron chi connectivity index (χ4n) is 3.34. The molecule has 1 saturated carbocycles. The average molecular weight is 317 g/mol. The van der Waals surface area contributed by atoms with Crippen LogP contribution in [-0.4, -0.2) is 23.4 Å². The molecule has 126 valence electrons. The van der Waals surface area contributed by atoms with E-state index in [2.05, 4.69) is 0 Å². The van der Waals surface area contributed by atoms with Crippen molar-refractivity contribution < 1.29 is 14.7 Å². The topological polar surface area (TPSA) is 80.4 Å². The fraction of sp³-hybridized carbons (Fsp3) is 0.579. The first-order valence-electron chi connectivity index (χ1n) is 8.65. The molecule has 0 heterocycles. The van der Waals surface area contributed by atoms with Gasteiger partial charge in [0, 0.05) is 17.9 Å². The van der Waals surface area contributed by atoms with E-state index >= 15 is 0 Å². The van der Waals surface area contributed by atoms with E-state index in [9.17, 15) is 9.59 Å². The quantitative estimate of drug-likeness (QED) is 0.568. The average Bonchev–Trinajstić information content (AvgIpc) is 2.58. The number of aryl methyl sites for hydroxylation is 1. The molecule has 2 rings (SSSR count). The Kier molecular flexibility index (Phi) is 6.78. The number of unbranched alkanes of at least 4 members (excludes halogenated alkanes) is 1. The summed E-state index contributed by atoms with van der Waals surface area (Å²) in [6, 6.07) is 7.84. The van der Waals surface area contributed by atoms with E-state index in [1.807, 2.05) is 24.3 Å². The van der Waals surface area contributed by atoms with Gasteiger partial charge in [0.15, 0.2) is 5.78 Å². The summed E-state index contributed by atoms with van der Waals surface area (Å²) in [6.45, 7) is 0.734. The third-order valence-corrected chi connectivity index (χ3v) is 4.90. The molecule has 1 aliphatic carbocycles. The lowest BCUT2D eigenvalue weighted by Crippen LogP contribution is -2.25. The molecule has 0 saturated heterocycles. The Balaban J connectivity index is 1.82. The van der Waals surface area contributed by atoms with Gasteiger partial charge in [0.1, 0.15) is 0 Å². The molecule has 0 atom stereocenters. The van der Waals surface area contributed by atoms with Gasteiger partial charge in [-0.15, -0.1) is 0 Å². The summed E-state index contributed by atoms with van der Waals surface area (Å²) in [7, 11) is 0. The Hall–Kier alpha value is -1.68. The van der Waals surface area contributed by atoms with Gasteiger partial charge < -0.3 is 10.8 Å². The molecule has 0 aromatic heterocycles. The number of hydrogen-bond donors (Lipinski definition) is 2. The second-order valence-electron chi connectivity index (χ2n) is 6.62. The number of carboxylic acids is 1. The minimum absolute atomic E-state index is 0.152. The van der Waals surface area contributed by atoms with Crippen LogP contribution >= 0.6 is 0 Å². The van der Waals surface area contributed by atoms with Crippen LogP contribution in [-0.2, 0) is 11.2 Å². The van der Waals surface area contributed by atoms with Gasteiger partial charge in [0.05, 0.1) is 0 Å². The Bertz CT molecular complexity index is 516. The first-order valence-corrected chi connectivity index (χ1v) is 8.65. The van der Waals surface area contributed by atoms with Crippen molar-refractivity contribution in [1.82, 2.24) is 0 Å². The number of Topliss-reactive ketones (excluding diaryl/α,β-unsaturated/α-hetero) is 1. The van der Waals surface area contributed by atoms with E-state index in [0.29, 0.717) is 12.3 Å². The normalized spacial score (nSPS) is 21.1. The van der Waals surface area contributed by atoms with Gasteiger partial charge in [-0.3, -0.25) is 9.59 Å². The number of rotatable bonds is 8. The summed E-state index contributed by atoms with van der Waals surface area (Å²) < 4.78 is 0. The highest BCUT2D eigenvalue weighted by Gasteiger charge is 2.26. The van der Waals surface area contributed by atoms with E-state index in [-0.39, 0.29) is 18.1 Å². The zero-order chi connectivity index (χ0) is 16.7. The first-order chi connectivity index (χ1) is 11.1. The van der Waals surface area contributed by atoms with Crippen LogP contribution in [0.15, 0.2) is 24.3 Å². The molecular weight excluding hydrogens is 290 g/mol. The molecule has 1 aliphatic rings. The van der Waals surface area contributed by atoms with Crippen molar-refractivity contribution in [2.45, 2.75) is 51.4 Å². The van der Waals surface area contributed by atoms with Crippen molar-refractivity contribution in [3.8, 4) is 0 Å². The zero-order valence-electron chi connectivity index (χ0n) is 13.7. The number of carbonyl (C=O) groups is 2. The lowest BCUT2D eigenvalue weighted by molar-refractivity contribution is -0.137. The van der Waals surface area contributed by atoms with Gasteiger partial charge in [-0.1, -0.05) is 24.3 Å².